The van der Waals surface area contributed by atoms with Crippen molar-refractivity contribution in [2.45, 2.75) is 32.4 Å². The molecule has 1 saturated carbocycles. The van der Waals surface area contributed by atoms with Gasteiger partial charge in [0, 0.05) is 32.7 Å². The second-order valence-corrected chi connectivity index (χ2v) is 8.14. The maximum Gasteiger partial charge on any atom is 0.126 e. The second-order valence-electron chi connectivity index (χ2n) is 8.14. The average molecular weight is 371 g/mol. The number of halogens is 1. The molecule has 2 aliphatic rings. The summed E-state index contributed by atoms with van der Waals surface area (Å²) in [5, 5.41) is 0. The van der Waals surface area contributed by atoms with Crippen LogP contribution in [0, 0.1) is 18.7 Å². The quantitative estimate of drug-likeness (QED) is 0.731. The molecule has 5 heteroatoms. The Morgan fingerprint density at radius 1 is 1.33 bits per heavy atom. The minimum atomic E-state index is -0.153. The zero-order valence-electron chi connectivity index (χ0n) is 17.0. The average Bonchev–Trinajstić information content (AvgIpc) is 2.59. The zero-order valence-corrected chi connectivity index (χ0v) is 17.0. The summed E-state index contributed by atoms with van der Waals surface area (Å²) in [4.78, 5) is 11.2. The molecular formula is C22H31FN4. The van der Waals surface area contributed by atoms with Gasteiger partial charge >= 0.3 is 0 Å². The molecule has 1 aromatic carbocycles. The molecule has 0 saturated heterocycles. The van der Waals surface area contributed by atoms with E-state index < -0.39 is 0 Å². The normalized spacial score (nSPS) is 21.9. The first-order chi connectivity index (χ1) is 12.8. The first kappa shape index (κ1) is 19.6. The lowest BCUT2D eigenvalue weighted by atomic mass is 9.79. The van der Waals surface area contributed by atoms with E-state index in [0.717, 1.165) is 36.6 Å². The van der Waals surface area contributed by atoms with Gasteiger partial charge in [-0.1, -0.05) is 18.7 Å². The third-order valence-corrected chi connectivity index (χ3v) is 5.66. The highest BCUT2D eigenvalue weighted by Crippen LogP contribution is 2.33. The van der Waals surface area contributed by atoms with E-state index in [0.29, 0.717) is 17.5 Å². The molecule has 146 valence electrons. The molecule has 4 nitrogen and oxygen atoms in total. The highest BCUT2D eigenvalue weighted by molar-refractivity contribution is 5.60. The summed E-state index contributed by atoms with van der Waals surface area (Å²) in [5.41, 5.74) is 3.69. The summed E-state index contributed by atoms with van der Waals surface area (Å²) in [6, 6.07) is 6.05. The molecule has 0 unspecified atom stereocenters. The number of hydrogen-bond donors (Lipinski definition) is 0. The Kier molecular flexibility index (Phi) is 6.00. The van der Waals surface area contributed by atoms with Crippen LogP contribution in [0.2, 0.25) is 0 Å². The van der Waals surface area contributed by atoms with E-state index in [1.807, 2.05) is 37.3 Å². The maximum atomic E-state index is 13.6. The zero-order chi connectivity index (χ0) is 19.6. The summed E-state index contributed by atoms with van der Waals surface area (Å²) in [6.45, 7) is 8.69. The number of aryl methyl sites for hydroxylation is 1. The van der Waals surface area contributed by atoms with Crippen LogP contribution in [0.1, 0.15) is 24.0 Å². The van der Waals surface area contributed by atoms with Crippen LogP contribution in [-0.2, 0) is 6.54 Å². The van der Waals surface area contributed by atoms with Crippen molar-refractivity contribution in [3.05, 3.63) is 59.2 Å². The van der Waals surface area contributed by atoms with Gasteiger partial charge in [0.05, 0.1) is 17.7 Å². The first-order valence-electron chi connectivity index (χ1n) is 9.63. The standard InChI is InChI=1S/C22H31FN4/c1-16-10-18(6-7-21(16)23)13-27(14-19-11-20(12-19)25(3)4)17(2)22-8-9-26(5)15-24-22/h6-8,10,15,19-20H,2,9,11-14H2,1,3-5H3. The number of rotatable bonds is 7. The van der Waals surface area contributed by atoms with Crippen LogP contribution < -0.4 is 0 Å². The lowest BCUT2D eigenvalue weighted by Gasteiger charge is -2.43. The highest BCUT2D eigenvalue weighted by atomic mass is 19.1. The van der Waals surface area contributed by atoms with Gasteiger partial charge < -0.3 is 14.7 Å². The Morgan fingerprint density at radius 3 is 2.67 bits per heavy atom. The number of nitrogens with zero attached hydrogens (tertiary/aromatic N) is 4. The largest absolute Gasteiger partial charge is 0.366 e. The molecule has 0 aromatic heterocycles. The predicted octanol–water partition coefficient (Wildman–Crippen LogP) is 3.65. The molecule has 0 radical (unpaired) electrons. The van der Waals surface area contributed by atoms with Crippen molar-refractivity contribution in [2.24, 2.45) is 10.9 Å². The van der Waals surface area contributed by atoms with Gasteiger partial charge in [-0.15, -0.1) is 0 Å². The molecule has 0 amide bonds. The summed E-state index contributed by atoms with van der Waals surface area (Å²) < 4.78 is 13.6. The Labute approximate surface area is 162 Å². The molecule has 1 aromatic rings. The van der Waals surface area contributed by atoms with Crippen molar-refractivity contribution in [3.63, 3.8) is 0 Å². The summed E-state index contributed by atoms with van der Waals surface area (Å²) >= 11 is 0. The Morgan fingerprint density at radius 2 is 2.07 bits per heavy atom. The number of likely N-dealkylation sites (N-methyl/N-ethyl adjacent to an activating group) is 1. The van der Waals surface area contributed by atoms with Gasteiger partial charge in [0.25, 0.3) is 0 Å². The minimum Gasteiger partial charge on any atom is -0.366 e. The van der Waals surface area contributed by atoms with Gasteiger partial charge in [-0.3, -0.25) is 0 Å². The van der Waals surface area contributed by atoms with Gasteiger partial charge in [0.2, 0.25) is 0 Å². The van der Waals surface area contributed by atoms with Gasteiger partial charge in [-0.25, -0.2) is 9.38 Å². The van der Waals surface area contributed by atoms with E-state index in [-0.39, 0.29) is 5.82 Å². The van der Waals surface area contributed by atoms with Gasteiger partial charge in [0.15, 0.2) is 0 Å². The van der Waals surface area contributed by atoms with Crippen molar-refractivity contribution in [2.75, 3.05) is 34.2 Å². The van der Waals surface area contributed by atoms with Crippen LogP contribution in [0.4, 0.5) is 4.39 Å². The van der Waals surface area contributed by atoms with Gasteiger partial charge in [-0.05, 0) is 63.0 Å². The molecule has 0 atom stereocenters. The third-order valence-electron chi connectivity index (χ3n) is 5.66. The molecule has 0 N–H and O–H groups in total. The monoisotopic (exact) mass is 370 g/mol. The van der Waals surface area contributed by atoms with E-state index >= 15 is 0 Å². The first-order valence-corrected chi connectivity index (χ1v) is 9.63. The molecule has 1 aliphatic heterocycles. The summed E-state index contributed by atoms with van der Waals surface area (Å²) in [5.74, 6) is 0.506. The van der Waals surface area contributed by atoms with Gasteiger partial charge in [0.1, 0.15) is 5.82 Å². The van der Waals surface area contributed by atoms with E-state index in [1.54, 1.807) is 6.07 Å². The minimum absolute atomic E-state index is 0.153. The second kappa shape index (κ2) is 8.26. The number of benzene rings is 1. The predicted molar refractivity (Wildman–Crippen MR) is 110 cm³/mol. The summed E-state index contributed by atoms with van der Waals surface area (Å²) in [7, 11) is 6.31. The van der Waals surface area contributed by atoms with Crippen molar-refractivity contribution in [1.29, 1.82) is 0 Å². The van der Waals surface area contributed by atoms with Crippen molar-refractivity contribution < 1.29 is 4.39 Å². The molecule has 1 fully saturated rings. The fraction of sp³-hybridized carbons (Fsp3) is 0.500. The van der Waals surface area contributed by atoms with Crippen molar-refractivity contribution >= 4 is 6.34 Å². The molecule has 27 heavy (non-hydrogen) atoms. The Bertz CT molecular complexity index is 747. The summed E-state index contributed by atoms with van der Waals surface area (Å²) in [6.07, 6.45) is 6.40. The van der Waals surface area contributed by atoms with E-state index in [2.05, 4.69) is 41.5 Å². The molecule has 1 aliphatic carbocycles. The number of hydrogen-bond acceptors (Lipinski definition) is 4. The molecule has 1 heterocycles. The third kappa shape index (κ3) is 4.78. The fourth-order valence-electron chi connectivity index (χ4n) is 3.72. The lowest BCUT2D eigenvalue weighted by molar-refractivity contribution is 0.0967. The van der Waals surface area contributed by atoms with Crippen LogP contribution in [0.5, 0.6) is 0 Å². The number of aliphatic imine (C=N–C) groups is 1. The maximum absolute atomic E-state index is 13.6. The topological polar surface area (TPSA) is 22.1 Å². The Hall–Kier alpha value is -2.14. The van der Waals surface area contributed by atoms with Crippen LogP contribution in [0.15, 0.2) is 47.2 Å². The van der Waals surface area contributed by atoms with Crippen LogP contribution in [-0.4, -0.2) is 61.3 Å². The van der Waals surface area contributed by atoms with Crippen LogP contribution in [0.3, 0.4) is 0 Å². The van der Waals surface area contributed by atoms with E-state index in [4.69, 9.17) is 0 Å². The van der Waals surface area contributed by atoms with Gasteiger partial charge in [-0.2, -0.15) is 0 Å². The highest BCUT2D eigenvalue weighted by Gasteiger charge is 2.32. The SMILES string of the molecule is C=C(C1=CCN(C)C=N1)N(Cc1ccc(F)c(C)c1)CC1CC(N(C)C)C1. The van der Waals surface area contributed by atoms with Crippen molar-refractivity contribution in [3.8, 4) is 0 Å². The molecular weight excluding hydrogens is 339 g/mol. The Balaban J connectivity index is 1.73. The smallest absolute Gasteiger partial charge is 0.126 e. The van der Waals surface area contributed by atoms with E-state index in [1.165, 1.54) is 12.8 Å². The van der Waals surface area contributed by atoms with E-state index in [9.17, 15) is 4.39 Å². The van der Waals surface area contributed by atoms with Crippen LogP contribution in [0.25, 0.3) is 0 Å². The fourth-order valence-corrected chi connectivity index (χ4v) is 3.72. The van der Waals surface area contributed by atoms with Crippen LogP contribution >= 0.6 is 0 Å². The molecule has 0 bridgehead atoms. The molecule has 3 rings (SSSR count). The molecule has 0 spiro atoms. The lowest BCUT2D eigenvalue weighted by Crippen LogP contribution is -2.44. The van der Waals surface area contributed by atoms with Crippen molar-refractivity contribution in [1.82, 2.24) is 14.7 Å².